The number of hydrogen-bond acceptors (Lipinski definition) is 2. The largest absolute Gasteiger partial charge is 0.426 e. The van der Waals surface area contributed by atoms with Crippen molar-refractivity contribution >= 4 is 5.97 Å². The molecule has 2 nitrogen and oxygen atoms in total. The zero-order valence-electron chi connectivity index (χ0n) is 20.7. The molecule has 2 saturated carbocycles. The average Bonchev–Trinajstić information content (AvgIpc) is 2.86. The van der Waals surface area contributed by atoms with Crippen LogP contribution in [-0.4, -0.2) is 5.97 Å². The van der Waals surface area contributed by atoms with Crippen LogP contribution in [0.25, 0.3) is 0 Å². The number of carbonyl (C=O) groups is 1. The van der Waals surface area contributed by atoms with Crippen LogP contribution in [-0.2, 0) is 11.2 Å². The van der Waals surface area contributed by atoms with E-state index in [9.17, 15) is 4.79 Å². The molecule has 0 aliphatic heterocycles. The van der Waals surface area contributed by atoms with E-state index in [2.05, 4.69) is 56.3 Å². The van der Waals surface area contributed by atoms with Crippen molar-refractivity contribution in [3.05, 3.63) is 65.7 Å². The Hall–Kier alpha value is -2.09. The molecule has 0 radical (unpaired) electrons. The summed E-state index contributed by atoms with van der Waals surface area (Å²) in [4.78, 5) is 12.7. The van der Waals surface area contributed by atoms with Gasteiger partial charge in [-0.05, 0) is 98.3 Å². The number of aryl methyl sites for hydroxylation is 1. The van der Waals surface area contributed by atoms with Gasteiger partial charge in [0.25, 0.3) is 0 Å². The molecule has 2 fully saturated rings. The van der Waals surface area contributed by atoms with Gasteiger partial charge in [0.2, 0.25) is 0 Å². The molecule has 1 unspecified atom stereocenters. The molecule has 2 aliphatic carbocycles. The van der Waals surface area contributed by atoms with E-state index in [4.69, 9.17) is 4.74 Å². The first-order valence-corrected chi connectivity index (χ1v) is 13.5. The Labute approximate surface area is 201 Å². The number of hydrogen-bond donors (Lipinski definition) is 0. The fourth-order valence-corrected chi connectivity index (χ4v) is 6.35. The molecule has 0 N–H and O–H groups in total. The van der Waals surface area contributed by atoms with Crippen LogP contribution in [0.4, 0.5) is 0 Å². The summed E-state index contributed by atoms with van der Waals surface area (Å²) in [6.07, 6.45) is 13.5. The highest BCUT2D eigenvalue weighted by molar-refractivity contribution is 5.75. The number of benzene rings is 2. The molecular formula is C31H42O2. The summed E-state index contributed by atoms with van der Waals surface area (Å²) >= 11 is 0. The summed E-state index contributed by atoms with van der Waals surface area (Å²) in [6.45, 7) is 4.57. The van der Waals surface area contributed by atoms with Gasteiger partial charge in [0.1, 0.15) is 5.75 Å². The second-order valence-corrected chi connectivity index (χ2v) is 10.8. The lowest BCUT2D eigenvalue weighted by atomic mass is 9.68. The average molecular weight is 447 g/mol. The molecule has 0 aromatic heterocycles. The number of esters is 1. The predicted molar refractivity (Wildman–Crippen MR) is 136 cm³/mol. The Kier molecular flexibility index (Phi) is 8.64. The van der Waals surface area contributed by atoms with Gasteiger partial charge in [0.15, 0.2) is 0 Å². The van der Waals surface area contributed by atoms with E-state index >= 15 is 0 Å². The molecule has 2 heteroatoms. The van der Waals surface area contributed by atoms with Crippen molar-refractivity contribution < 1.29 is 9.53 Å². The third-order valence-electron chi connectivity index (χ3n) is 8.40. The summed E-state index contributed by atoms with van der Waals surface area (Å²) in [6, 6.07) is 19.1. The third kappa shape index (κ3) is 6.71. The smallest absolute Gasteiger partial charge is 0.314 e. The summed E-state index contributed by atoms with van der Waals surface area (Å²) in [7, 11) is 0. The summed E-state index contributed by atoms with van der Waals surface area (Å²) in [5.74, 6) is 4.00. The summed E-state index contributed by atoms with van der Waals surface area (Å²) in [5, 5.41) is 0. The van der Waals surface area contributed by atoms with Crippen molar-refractivity contribution in [2.45, 2.75) is 90.4 Å². The lowest BCUT2D eigenvalue weighted by Crippen LogP contribution is -2.30. The number of rotatable bonds is 8. The van der Waals surface area contributed by atoms with Gasteiger partial charge in [-0.1, -0.05) is 75.6 Å². The van der Waals surface area contributed by atoms with Crippen molar-refractivity contribution in [1.29, 1.82) is 0 Å². The standard InChI is InChI=1S/C31H42O2/c1-3-7-24-12-20-30(21-13-24)33-31(32)29-18-16-28(17-19-29)27-14-10-25(11-15-27)22-23(2)26-8-5-4-6-9-26/h4-6,8-9,12-13,20-21,23,25,27-29H,3,7,10-11,14-19,22H2,1-2H3. The van der Waals surface area contributed by atoms with Crippen LogP contribution < -0.4 is 4.74 Å². The molecule has 0 heterocycles. The molecule has 2 aromatic rings. The Morgan fingerprint density at radius 2 is 1.45 bits per heavy atom. The maximum Gasteiger partial charge on any atom is 0.314 e. The molecule has 2 aromatic carbocycles. The fraction of sp³-hybridized carbons (Fsp3) is 0.581. The van der Waals surface area contributed by atoms with Gasteiger partial charge in [0, 0.05) is 0 Å². The Balaban J connectivity index is 1.17. The van der Waals surface area contributed by atoms with E-state index in [1.807, 2.05) is 12.1 Å². The van der Waals surface area contributed by atoms with Gasteiger partial charge in [-0.3, -0.25) is 4.79 Å². The molecule has 0 amide bonds. The Bertz CT molecular complexity index is 840. The van der Waals surface area contributed by atoms with Crippen molar-refractivity contribution in [2.75, 3.05) is 0 Å². The molecule has 2 aliphatic rings. The van der Waals surface area contributed by atoms with E-state index in [0.29, 0.717) is 11.7 Å². The van der Waals surface area contributed by atoms with Gasteiger partial charge >= 0.3 is 5.97 Å². The monoisotopic (exact) mass is 446 g/mol. The lowest BCUT2D eigenvalue weighted by Gasteiger charge is -2.38. The minimum atomic E-state index is -0.0182. The summed E-state index contributed by atoms with van der Waals surface area (Å²) < 4.78 is 5.72. The molecule has 4 rings (SSSR count). The van der Waals surface area contributed by atoms with E-state index in [1.165, 1.54) is 56.1 Å². The minimum absolute atomic E-state index is 0.0182. The van der Waals surface area contributed by atoms with Crippen LogP contribution in [0, 0.1) is 23.7 Å². The maximum absolute atomic E-state index is 12.7. The molecule has 0 saturated heterocycles. The summed E-state index contributed by atoms with van der Waals surface area (Å²) in [5.41, 5.74) is 2.80. The second-order valence-electron chi connectivity index (χ2n) is 10.8. The maximum atomic E-state index is 12.7. The van der Waals surface area contributed by atoms with E-state index < -0.39 is 0 Å². The Morgan fingerprint density at radius 1 is 0.848 bits per heavy atom. The van der Waals surface area contributed by atoms with E-state index in [1.54, 1.807) is 0 Å². The van der Waals surface area contributed by atoms with Gasteiger partial charge in [-0.15, -0.1) is 0 Å². The normalized spacial score (nSPS) is 26.5. The fourth-order valence-electron chi connectivity index (χ4n) is 6.35. The lowest BCUT2D eigenvalue weighted by molar-refractivity contribution is -0.140. The van der Waals surface area contributed by atoms with Crippen molar-refractivity contribution in [1.82, 2.24) is 0 Å². The highest BCUT2D eigenvalue weighted by Gasteiger charge is 2.34. The van der Waals surface area contributed by atoms with Gasteiger partial charge in [-0.25, -0.2) is 0 Å². The zero-order chi connectivity index (χ0) is 23.0. The topological polar surface area (TPSA) is 26.3 Å². The van der Waals surface area contributed by atoms with Crippen LogP contribution >= 0.6 is 0 Å². The molecule has 33 heavy (non-hydrogen) atoms. The number of ether oxygens (including phenoxy) is 1. The molecular weight excluding hydrogens is 404 g/mol. The van der Waals surface area contributed by atoms with Crippen LogP contribution in [0.5, 0.6) is 5.75 Å². The highest BCUT2D eigenvalue weighted by Crippen LogP contribution is 2.43. The first-order valence-electron chi connectivity index (χ1n) is 13.5. The van der Waals surface area contributed by atoms with Crippen molar-refractivity contribution in [3.8, 4) is 5.75 Å². The van der Waals surface area contributed by atoms with Crippen molar-refractivity contribution in [2.24, 2.45) is 23.7 Å². The quantitative estimate of drug-likeness (QED) is 0.301. The third-order valence-corrected chi connectivity index (χ3v) is 8.40. The van der Waals surface area contributed by atoms with Gasteiger partial charge in [0.05, 0.1) is 5.92 Å². The van der Waals surface area contributed by atoms with E-state index in [-0.39, 0.29) is 11.9 Å². The minimum Gasteiger partial charge on any atom is -0.426 e. The molecule has 0 bridgehead atoms. The zero-order valence-corrected chi connectivity index (χ0v) is 20.7. The van der Waals surface area contributed by atoms with Crippen LogP contribution in [0.2, 0.25) is 0 Å². The van der Waals surface area contributed by atoms with Gasteiger partial charge in [-0.2, -0.15) is 0 Å². The highest BCUT2D eigenvalue weighted by atomic mass is 16.5. The second kappa shape index (κ2) is 11.9. The molecule has 0 spiro atoms. The first-order chi connectivity index (χ1) is 16.1. The SMILES string of the molecule is CCCc1ccc(OC(=O)C2CCC(C3CCC(CC(C)c4ccccc4)CC3)CC2)cc1. The Morgan fingerprint density at radius 3 is 2.06 bits per heavy atom. The van der Waals surface area contributed by atoms with Crippen LogP contribution in [0.1, 0.15) is 95.1 Å². The number of carbonyl (C=O) groups excluding carboxylic acids is 1. The first kappa shape index (κ1) is 24.0. The van der Waals surface area contributed by atoms with E-state index in [0.717, 1.165) is 43.4 Å². The molecule has 1 atom stereocenters. The molecule has 178 valence electrons. The predicted octanol–water partition coefficient (Wildman–Crippen LogP) is 8.35. The van der Waals surface area contributed by atoms with Crippen LogP contribution in [0.3, 0.4) is 0 Å². The van der Waals surface area contributed by atoms with Crippen molar-refractivity contribution in [3.63, 3.8) is 0 Å². The van der Waals surface area contributed by atoms with Crippen LogP contribution in [0.15, 0.2) is 54.6 Å². The van der Waals surface area contributed by atoms with Gasteiger partial charge < -0.3 is 4.74 Å².